The number of benzene rings is 2. The third kappa shape index (κ3) is 40.0. The minimum Gasteiger partial charge on any atom is -0.493 e. The van der Waals surface area contributed by atoms with Crippen LogP contribution >= 0.6 is 0 Å². The maximum Gasteiger partial charge on any atom is 2.00 e. The molecule has 1 aliphatic heterocycles. The van der Waals surface area contributed by atoms with E-state index >= 15 is 0 Å². The van der Waals surface area contributed by atoms with Gasteiger partial charge in [0.25, 0.3) is 0 Å². The molecule has 1 aliphatic rings. The summed E-state index contributed by atoms with van der Waals surface area (Å²) >= 11 is 0. The van der Waals surface area contributed by atoms with E-state index in [9.17, 15) is 5.53 Å². The second-order valence-corrected chi connectivity index (χ2v) is 23.6. The first-order chi connectivity index (χ1) is 37.4. The van der Waals surface area contributed by atoms with Gasteiger partial charge in [0.05, 0.1) is 0 Å². The Morgan fingerprint density at radius 3 is 0.792 bits per heavy atom. The molecule has 1 heterocycles. The number of rotatable bonds is 49. The van der Waals surface area contributed by atoms with Crippen molar-refractivity contribution in [1.29, 1.82) is 0 Å². The fourth-order valence-electron chi connectivity index (χ4n) is 11.0. The molecule has 2 aromatic carbocycles. The van der Waals surface area contributed by atoms with Crippen LogP contribution in [0.2, 0.25) is 0 Å². The van der Waals surface area contributed by atoms with Crippen molar-refractivity contribution in [2.45, 2.75) is 363 Å². The Balaban J connectivity index is 0.00000125. The first-order valence-electron chi connectivity index (χ1n) is 34.2. The zero-order valence-corrected chi connectivity index (χ0v) is 53.8. The van der Waals surface area contributed by atoms with Crippen molar-refractivity contribution < 1.29 is 21.2 Å². The molecule has 0 amide bonds. The number of hydrogen-bond donors (Lipinski definition) is 0. The molecule has 0 aliphatic carbocycles. The monoisotopic (exact) mass is 1100 g/mol. The Morgan fingerprint density at radius 2 is 0.532 bits per heavy atom. The van der Waals surface area contributed by atoms with Crippen LogP contribution in [0.5, 0.6) is 0 Å². The number of unbranched alkanes of at least 4 members (excludes halogenated alkanes) is 37. The summed E-state index contributed by atoms with van der Waals surface area (Å²) in [5.74, 6) is 0. The Labute approximate surface area is 493 Å². The molecule has 3 rings (SSSR count). The quantitative estimate of drug-likeness (QED) is 0.0273. The van der Waals surface area contributed by atoms with E-state index in [1.807, 2.05) is 0 Å². The summed E-state index contributed by atoms with van der Waals surface area (Å²) in [6.45, 7) is 23.7. The topological polar surface area (TPSA) is 25.3 Å². The van der Waals surface area contributed by atoms with Crippen LogP contribution in [-0.2, 0) is 42.2 Å². The van der Waals surface area contributed by atoms with Crippen LogP contribution in [0, 0.1) is 13.8 Å². The summed E-state index contributed by atoms with van der Waals surface area (Å²) in [4.78, 5) is 0. The van der Waals surface area contributed by atoms with Crippen molar-refractivity contribution in [3.63, 3.8) is 0 Å². The van der Waals surface area contributed by atoms with Crippen LogP contribution in [0.1, 0.15) is 371 Å². The van der Waals surface area contributed by atoms with Gasteiger partial charge in [-0.1, -0.05) is 298 Å². The molecule has 0 saturated carbocycles. The number of aryl methyl sites for hydroxylation is 4. The standard InChI is InChI=1S/C36H52N2.2C19H39.Ni/c1-6-11-16-28-21-29(17-12-7-2)24-33(23-28)35-27-32(20-15-10-5)36(38(35)37)34-25-30(18-13-8-3)22-31(26-34)19-14-9-4;2*1-3-5-7-9-11-13-15-17-19-18-16-14-12-10-8-6-4-2;/h21-27H,6-20H2,1-5H3;2*1,3-19H2,2H3;/q;2*-1;+2. The summed E-state index contributed by atoms with van der Waals surface area (Å²) in [5, 5.41) is 0. The largest absolute Gasteiger partial charge is 2.00 e. The van der Waals surface area contributed by atoms with Crippen LogP contribution in [0.15, 0.2) is 48.0 Å². The molecule has 0 spiro atoms. The molecule has 0 unspecified atom stereocenters. The van der Waals surface area contributed by atoms with Crippen LogP contribution < -0.4 is 0 Å². The normalized spacial score (nSPS) is 12.1. The van der Waals surface area contributed by atoms with Crippen LogP contribution in [0.3, 0.4) is 0 Å². The Morgan fingerprint density at radius 1 is 0.299 bits per heavy atom. The first kappa shape index (κ1) is 75.0. The molecule has 0 bridgehead atoms. The Bertz CT molecular complexity index is 1570. The van der Waals surface area contributed by atoms with Gasteiger partial charge >= 0.3 is 16.5 Å². The van der Waals surface area contributed by atoms with Crippen molar-refractivity contribution >= 4 is 11.4 Å². The van der Waals surface area contributed by atoms with Crippen molar-refractivity contribution in [3.05, 3.63) is 101 Å². The molecule has 0 fully saturated rings. The van der Waals surface area contributed by atoms with E-state index in [1.165, 1.54) is 295 Å². The molecule has 0 atom stereocenters. The van der Waals surface area contributed by atoms with E-state index in [2.05, 4.69) is 105 Å². The number of nitrogens with zero attached hydrogens (tertiary/aromatic N) is 2. The molecule has 446 valence electrons. The van der Waals surface area contributed by atoms with Gasteiger partial charge in [0.1, 0.15) is 0 Å². The van der Waals surface area contributed by atoms with Gasteiger partial charge in [-0.25, -0.2) is 4.70 Å². The zero-order chi connectivity index (χ0) is 55.4. The molecule has 0 N–H and O–H groups in total. The second kappa shape index (κ2) is 55.9. The summed E-state index contributed by atoms with van der Waals surface area (Å²) in [5.41, 5.74) is 23.0. The van der Waals surface area contributed by atoms with Crippen molar-refractivity contribution in [3.8, 4) is 0 Å². The van der Waals surface area contributed by atoms with E-state index < -0.39 is 0 Å². The average molecular weight is 1110 g/mol. The van der Waals surface area contributed by atoms with E-state index in [4.69, 9.17) is 0 Å². The van der Waals surface area contributed by atoms with Crippen molar-refractivity contribution in [2.24, 2.45) is 0 Å². The van der Waals surface area contributed by atoms with Gasteiger partial charge < -0.3 is 19.4 Å². The van der Waals surface area contributed by atoms with Crippen LogP contribution in [-0.4, -0.2) is 4.70 Å². The molecular formula is C74H130N2Ni. The molecule has 77 heavy (non-hydrogen) atoms. The summed E-state index contributed by atoms with van der Waals surface area (Å²) in [7, 11) is 0. The van der Waals surface area contributed by atoms with E-state index in [1.54, 1.807) is 0 Å². The summed E-state index contributed by atoms with van der Waals surface area (Å²) < 4.78 is 1.52. The van der Waals surface area contributed by atoms with Gasteiger partial charge in [-0.3, -0.25) is 0 Å². The Hall–Kier alpha value is -1.99. The maximum atomic E-state index is 11.8. The fraction of sp³-hybridized carbons (Fsp3) is 0.757. The summed E-state index contributed by atoms with van der Waals surface area (Å²) in [6.07, 6.45) is 68.2. The van der Waals surface area contributed by atoms with E-state index in [-0.39, 0.29) is 16.5 Å². The zero-order valence-electron chi connectivity index (χ0n) is 52.8. The van der Waals surface area contributed by atoms with Crippen LogP contribution in [0.25, 0.3) is 16.9 Å². The molecule has 0 radical (unpaired) electrons. The van der Waals surface area contributed by atoms with E-state index in [0.29, 0.717) is 0 Å². The summed E-state index contributed by atoms with van der Waals surface area (Å²) in [6, 6.07) is 14.1. The van der Waals surface area contributed by atoms with Gasteiger partial charge in [0.2, 0.25) is 11.4 Å². The smallest absolute Gasteiger partial charge is 0.493 e. The molecule has 2 aromatic rings. The van der Waals surface area contributed by atoms with Crippen molar-refractivity contribution in [2.75, 3.05) is 0 Å². The molecule has 0 saturated heterocycles. The molecule has 0 aromatic heterocycles. The minimum atomic E-state index is 0. The van der Waals surface area contributed by atoms with Gasteiger partial charge in [-0.2, -0.15) is 12.8 Å². The van der Waals surface area contributed by atoms with Gasteiger partial charge in [-0.05, 0) is 111 Å². The SMILES string of the molecule is CCCCC1=C(c2cc(CCCC)cc(CCCC)c2)[N+](=[N-])C(c2cc(CCCC)cc(CCCC)c2)=C1.[CH2-]CCCCCCCCCCCCCCCCCC.[CH2-]CCCCCCCCCCCCCCCCCC.[Ni+2]. The van der Waals surface area contributed by atoms with Gasteiger partial charge in [-0.15, -0.1) is 0 Å². The molecular weight excluding hydrogens is 976 g/mol. The Kier molecular flexibility index (Phi) is 54.5. The molecule has 3 heteroatoms. The predicted molar refractivity (Wildman–Crippen MR) is 344 cm³/mol. The predicted octanol–water partition coefficient (Wildman–Crippen LogP) is 26.0. The second-order valence-electron chi connectivity index (χ2n) is 23.6. The minimum absolute atomic E-state index is 0. The van der Waals surface area contributed by atoms with Gasteiger partial charge in [0, 0.05) is 22.8 Å². The number of allylic oxidation sites excluding steroid dienone is 2. The number of hydrogen-bond acceptors (Lipinski definition) is 0. The fourth-order valence-corrected chi connectivity index (χ4v) is 11.0. The van der Waals surface area contributed by atoms with Crippen molar-refractivity contribution in [1.82, 2.24) is 0 Å². The average Bonchev–Trinajstić information content (AvgIpc) is 3.77. The van der Waals surface area contributed by atoms with Gasteiger partial charge in [0.15, 0.2) is 0 Å². The third-order valence-electron chi connectivity index (χ3n) is 16.0. The van der Waals surface area contributed by atoms with Crippen LogP contribution in [0.4, 0.5) is 0 Å². The first-order valence-corrected chi connectivity index (χ1v) is 34.2. The molecule has 2 nitrogen and oxygen atoms in total. The van der Waals surface area contributed by atoms with E-state index in [0.717, 1.165) is 74.7 Å². The third-order valence-corrected chi connectivity index (χ3v) is 16.0. The maximum absolute atomic E-state index is 11.8.